The monoisotopic (exact) mass is 325 g/mol. The number of carboxylic acids is 2. The highest BCUT2D eigenvalue weighted by Crippen LogP contribution is 2.34. The van der Waals surface area contributed by atoms with Crippen molar-refractivity contribution in [3.8, 4) is 0 Å². The summed E-state index contributed by atoms with van der Waals surface area (Å²) < 4.78 is 0. The van der Waals surface area contributed by atoms with Crippen LogP contribution in [0.25, 0.3) is 0 Å². The Kier molecular flexibility index (Phi) is 4.50. The molecule has 0 aliphatic rings. The number of anilines is 2. The third-order valence-corrected chi connectivity index (χ3v) is 4.36. The van der Waals surface area contributed by atoms with E-state index < -0.39 is 11.9 Å². The molecule has 2 rings (SSSR count). The SMILES string of the molecule is Cc1c(Cl)cccc1Nc1c(CC(=O)O)csc1C(=O)O. The summed E-state index contributed by atoms with van der Waals surface area (Å²) in [5, 5.41) is 23.2. The van der Waals surface area contributed by atoms with Crippen LogP contribution < -0.4 is 5.32 Å². The minimum absolute atomic E-state index is 0.0747. The minimum atomic E-state index is -1.10. The van der Waals surface area contributed by atoms with Gasteiger partial charge in [-0.15, -0.1) is 11.3 Å². The van der Waals surface area contributed by atoms with Gasteiger partial charge in [0.05, 0.1) is 12.1 Å². The maximum atomic E-state index is 11.3. The van der Waals surface area contributed by atoms with Crippen molar-refractivity contribution >= 4 is 46.3 Å². The fraction of sp³-hybridized carbons (Fsp3) is 0.143. The van der Waals surface area contributed by atoms with Gasteiger partial charge in [0.15, 0.2) is 0 Å². The first-order valence-electron chi connectivity index (χ1n) is 5.97. The molecule has 3 N–H and O–H groups in total. The molecule has 0 saturated carbocycles. The molecule has 1 aromatic heterocycles. The lowest BCUT2D eigenvalue weighted by Gasteiger charge is -2.12. The molecule has 0 amide bonds. The standard InChI is InChI=1S/C14H12ClNO4S/c1-7-9(15)3-2-4-10(7)16-12-8(5-11(17)18)6-21-13(12)14(19)20/h2-4,6,16H,5H2,1H3,(H,17,18)(H,19,20). The van der Waals surface area contributed by atoms with Gasteiger partial charge in [0, 0.05) is 10.7 Å². The molecule has 2 aromatic rings. The van der Waals surface area contributed by atoms with Crippen molar-refractivity contribution in [2.75, 3.05) is 5.32 Å². The first-order chi connectivity index (χ1) is 9.90. The van der Waals surface area contributed by atoms with Crippen LogP contribution in [0.4, 0.5) is 11.4 Å². The molecule has 21 heavy (non-hydrogen) atoms. The number of halogens is 1. The Morgan fingerprint density at radius 3 is 2.67 bits per heavy atom. The number of carbonyl (C=O) groups is 2. The van der Waals surface area contributed by atoms with Gasteiger partial charge in [-0.2, -0.15) is 0 Å². The molecule has 1 heterocycles. The van der Waals surface area contributed by atoms with Crippen molar-refractivity contribution in [1.29, 1.82) is 0 Å². The number of nitrogens with one attached hydrogen (secondary N) is 1. The van der Waals surface area contributed by atoms with E-state index in [-0.39, 0.29) is 11.3 Å². The third kappa shape index (κ3) is 3.34. The Morgan fingerprint density at radius 1 is 1.33 bits per heavy atom. The van der Waals surface area contributed by atoms with Crippen LogP contribution in [0.5, 0.6) is 0 Å². The van der Waals surface area contributed by atoms with Gasteiger partial charge in [0.2, 0.25) is 0 Å². The smallest absolute Gasteiger partial charge is 0.348 e. The molecule has 5 nitrogen and oxygen atoms in total. The fourth-order valence-electron chi connectivity index (χ4n) is 1.86. The highest BCUT2D eigenvalue weighted by molar-refractivity contribution is 7.12. The first-order valence-corrected chi connectivity index (χ1v) is 7.23. The molecule has 0 unspecified atom stereocenters. The lowest BCUT2D eigenvalue weighted by molar-refractivity contribution is -0.136. The van der Waals surface area contributed by atoms with Gasteiger partial charge in [0.25, 0.3) is 0 Å². The highest BCUT2D eigenvalue weighted by atomic mass is 35.5. The van der Waals surface area contributed by atoms with Crippen LogP contribution in [0.2, 0.25) is 5.02 Å². The van der Waals surface area contributed by atoms with Crippen molar-refractivity contribution in [2.45, 2.75) is 13.3 Å². The fourth-order valence-corrected chi connectivity index (χ4v) is 2.90. The zero-order valence-corrected chi connectivity index (χ0v) is 12.6. The average Bonchev–Trinajstić information content (AvgIpc) is 2.77. The van der Waals surface area contributed by atoms with E-state index in [1.165, 1.54) is 0 Å². The Hall–Kier alpha value is -2.05. The van der Waals surface area contributed by atoms with E-state index >= 15 is 0 Å². The maximum Gasteiger partial charge on any atom is 0.348 e. The van der Waals surface area contributed by atoms with Crippen molar-refractivity contribution in [3.05, 3.63) is 44.6 Å². The van der Waals surface area contributed by atoms with E-state index in [0.717, 1.165) is 16.9 Å². The lowest BCUT2D eigenvalue weighted by Crippen LogP contribution is -2.05. The van der Waals surface area contributed by atoms with Crippen molar-refractivity contribution < 1.29 is 19.8 Å². The molecule has 0 atom stereocenters. The van der Waals surface area contributed by atoms with E-state index in [4.69, 9.17) is 16.7 Å². The number of rotatable bonds is 5. The Morgan fingerprint density at radius 2 is 2.05 bits per heavy atom. The molecule has 0 spiro atoms. The molecule has 0 aliphatic carbocycles. The summed E-state index contributed by atoms with van der Waals surface area (Å²) in [6, 6.07) is 5.22. The Labute approximate surface area is 129 Å². The Bertz CT molecular complexity index is 711. The second-order valence-electron chi connectivity index (χ2n) is 4.38. The van der Waals surface area contributed by atoms with E-state index in [1.54, 1.807) is 30.5 Å². The van der Waals surface area contributed by atoms with Gasteiger partial charge in [0.1, 0.15) is 4.88 Å². The summed E-state index contributed by atoms with van der Waals surface area (Å²) >= 11 is 7.03. The molecule has 0 bridgehead atoms. The number of aliphatic carboxylic acids is 1. The molecule has 1 aromatic carbocycles. The first kappa shape index (κ1) is 15.3. The number of thiophene rings is 1. The zero-order valence-electron chi connectivity index (χ0n) is 11.0. The zero-order chi connectivity index (χ0) is 15.6. The molecule has 0 aliphatic heterocycles. The summed E-state index contributed by atoms with van der Waals surface area (Å²) in [7, 11) is 0. The van der Waals surface area contributed by atoms with E-state index in [0.29, 0.717) is 22.0 Å². The quantitative estimate of drug-likeness (QED) is 0.778. The largest absolute Gasteiger partial charge is 0.481 e. The van der Waals surface area contributed by atoms with E-state index in [1.807, 2.05) is 0 Å². The minimum Gasteiger partial charge on any atom is -0.481 e. The second-order valence-corrected chi connectivity index (χ2v) is 5.66. The number of carboxylic acid groups (broad SMARTS) is 2. The molecule has 110 valence electrons. The van der Waals surface area contributed by atoms with E-state index in [2.05, 4.69) is 5.32 Å². The Balaban J connectivity index is 2.46. The van der Waals surface area contributed by atoms with Gasteiger partial charge in [-0.05, 0) is 35.6 Å². The maximum absolute atomic E-state index is 11.3. The van der Waals surface area contributed by atoms with Crippen LogP contribution >= 0.6 is 22.9 Å². The summed E-state index contributed by atoms with van der Waals surface area (Å²) in [6.07, 6.45) is -0.244. The van der Waals surface area contributed by atoms with Gasteiger partial charge < -0.3 is 15.5 Å². The molecule has 7 heteroatoms. The topological polar surface area (TPSA) is 86.6 Å². The predicted molar refractivity (Wildman–Crippen MR) is 82.1 cm³/mol. The molecule has 0 fully saturated rings. The molecular weight excluding hydrogens is 314 g/mol. The van der Waals surface area contributed by atoms with Gasteiger partial charge in [-0.1, -0.05) is 17.7 Å². The molecule has 0 radical (unpaired) electrons. The normalized spacial score (nSPS) is 10.4. The number of hydrogen-bond donors (Lipinski definition) is 3. The van der Waals surface area contributed by atoms with Gasteiger partial charge >= 0.3 is 11.9 Å². The summed E-state index contributed by atoms with van der Waals surface area (Å²) in [5.74, 6) is -2.12. The molecule has 0 saturated heterocycles. The summed E-state index contributed by atoms with van der Waals surface area (Å²) in [4.78, 5) is 22.2. The van der Waals surface area contributed by atoms with Gasteiger partial charge in [-0.3, -0.25) is 4.79 Å². The van der Waals surface area contributed by atoms with Crippen LogP contribution in [0, 0.1) is 6.92 Å². The third-order valence-electron chi connectivity index (χ3n) is 2.93. The number of hydrogen-bond acceptors (Lipinski definition) is 4. The van der Waals surface area contributed by atoms with Crippen LogP contribution in [-0.4, -0.2) is 22.2 Å². The second kappa shape index (κ2) is 6.15. The summed E-state index contributed by atoms with van der Waals surface area (Å²) in [6.45, 7) is 1.80. The average molecular weight is 326 g/mol. The van der Waals surface area contributed by atoms with Crippen molar-refractivity contribution in [2.24, 2.45) is 0 Å². The van der Waals surface area contributed by atoms with Crippen LogP contribution in [0.15, 0.2) is 23.6 Å². The summed E-state index contributed by atoms with van der Waals surface area (Å²) in [5.41, 5.74) is 2.16. The van der Waals surface area contributed by atoms with Crippen molar-refractivity contribution in [3.63, 3.8) is 0 Å². The van der Waals surface area contributed by atoms with E-state index in [9.17, 15) is 14.7 Å². The van der Waals surface area contributed by atoms with Crippen molar-refractivity contribution in [1.82, 2.24) is 0 Å². The lowest BCUT2D eigenvalue weighted by atomic mass is 10.1. The van der Waals surface area contributed by atoms with Crippen LogP contribution in [0.3, 0.4) is 0 Å². The highest BCUT2D eigenvalue weighted by Gasteiger charge is 2.19. The predicted octanol–water partition coefficient (Wildman–Crippen LogP) is 3.78. The van der Waals surface area contributed by atoms with Crippen LogP contribution in [0.1, 0.15) is 20.8 Å². The van der Waals surface area contributed by atoms with Gasteiger partial charge in [-0.25, -0.2) is 4.79 Å². The van der Waals surface area contributed by atoms with Crippen LogP contribution in [-0.2, 0) is 11.2 Å². The number of aromatic carboxylic acids is 1. The number of benzene rings is 1. The molecular formula is C14H12ClNO4S.